The van der Waals surface area contributed by atoms with E-state index in [1.54, 1.807) is 14.2 Å². The van der Waals surface area contributed by atoms with Gasteiger partial charge in [-0.05, 0) is 6.07 Å². The van der Waals surface area contributed by atoms with Crippen LogP contribution in [0.15, 0.2) is 41.6 Å². The number of sulfonamides is 1. The van der Waals surface area contributed by atoms with Gasteiger partial charge in [0.05, 0.1) is 19.3 Å². The maximum Gasteiger partial charge on any atom is 0.243 e. The number of benzene rings is 1. The van der Waals surface area contributed by atoms with Crippen LogP contribution in [-0.4, -0.2) is 62.9 Å². The highest BCUT2D eigenvalue weighted by Gasteiger charge is 2.26. The predicted octanol–water partition coefficient (Wildman–Crippen LogP) is 0.775. The Morgan fingerprint density at radius 2 is 2.15 bits per heavy atom. The van der Waals surface area contributed by atoms with E-state index in [0.717, 1.165) is 30.9 Å². The summed E-state index contributed by atoms with van der Waals surface area (Å²) in [6, 6.07) is 8.10. The van der Waals surface area contributed by atoms with Crippen LogP contribution in [0, 0.1) is 0 Å². The molecule has 2 N–H and O–H groups in total. The number of halogens is 1. The van der Waals surface area contributed by atoms with Gasteiger partial charge in [-0.2, -0.15) is 5.10 Å². The zero-order valence-electron chi connectivity index (χ0n) is 15.5. The average Bonchev–Trinajstić information content (AvgIpc) is 3.09. The third-order valence-electron chi connectivity index (χ3n) is 4.53. The van der Waals surface area contributed by atoms with E-state index in [1.165, 1.54) is 17.1 Å². The number of aryl methyl sites for hydroxylation is 1. The minimum Gasteiger partial charge on any atom is -0.496 e. The van der Waals surface area contributed by atoms with Crippen molar-refractivity contribution in [3.63, 3.8) is 0 Å². The lowest BCUT2D eigenvalue weighted by Crippen LogP contribution is -2.48. The topological polar surface area (TPSA) is 88.5 Å². The lowest BCUT2D eigenvalue weighted by molar-refractivity contribution is 0.162. The molecule has 0 saturated carbocycles. The molecule has 27 heavy (non-hydrogen) atoms. The van der Waals surface area contributed by atoms with E-state index in [-0.39, 0.29) is 23.3 Å². The van der Waals surface area contributed by atoms with E-state index in [0.29, 0.717) is 13.1 Å². The van der Waals surface area contributed by atoms with Crippen LogP contribution in [0.5, 0.6) is 5.75 Å². The highest BCUT2D eigenvalue weighted by Crippen LogP contribution is 2.29. The molecule has 0 amide bonds. The number of aromatic nitrogens is 2. The van der Waals surface area contributed by atoms with Gasteiger partial charge >= 0.3 is 0 Å². The Hall–Kier alpha value is -1.65. The van der Waals surface area contributed by atoms with E-state index in [2.05, 4.69) is 26.1 Å². The number of para-hydroxylation sites is 1. The van der Waals surface area contributed by atoms with E-state index in [4.69, 9.17) is 4.74 Å². The van der Waals surface area contributed by atoms with Gasteiger partial charge in [-0.15, -0.1) is 12.4 Å². The Morgan fingerprint density at radius 3 is 2.85 bits per heavy atom. The second-order valence-corrected chi connectivity index (χ2v) is 8.01. The van der Waals surface area contributed by atoms with Gasteiger partial charge in [0.2, 0.25) is 10.0 Å². The Morgan fingerprint density at radius 1 is 1.37 bits per heavy atom. The molecule has 3 rings (SSSR count). The Kier molecular flexibility index (Phi) is 7.63. The second-order valence-electron chi connectivity index (χ2n) is 6.25. The van der Waals surface area contributed by atoms with Gasteiger partial charge in [0.25, 0.3) is 0 Å². The number of rotatable bonds is 7. The van der Waals surface area contributed by atoms with Gasteiger partial charge in [-0.3, -0.25) is 9.58 Å². The maximum absolute atomic E-state index is 12.3. The van der Waals surface area contributed by atoms with Gasteiger partial charge in [-0.1, -0.05) is 18.2 Å². The zero-order valence-corrected chi connectivity index (χ0v) is 17.1. The van der Waals surface area contributed by atoms with Crippen molar-refractivity contribution in [3.8, 4) is 5.75 Å². The zero-order chi connectivity index (χ0) is 18.6. The molecule has 10 heteroatoms. The van der Waals surface area contributed by atoms with Gasteiger partial charge in [0.15, 0.2) is 0 Å². The fourth-order valence-corrected chi connectivity index (χ4v) is 4.21. The van der Waals surface area contributed by atoms with Crippen LogP contribution >= 0.6 is 12.4 Å². The van der Waals surface area contributed by atoms with Crippen molar-refractivity contribution in [2.45, 2.75) is 10.9 Å². The summed E-state index contributed by atoms with van der Waals surface area (Å²) in [6.07, 6.45) is 2.84. The van der Waals surface area contributed by atoms with E-state index < -0.39 is 10.0 Å². The lowest BCUT2D eigenvalue weighted by Gasteiger charge is -2.37. The van der Waals surface area contributed by atoms with Crippen LogP contribution in [0.1, 0.15) is 11.6 Å². The van der Waals surface area contributed by atoms with E-state index >= 15 is 0 Å². The molecule has 1 fully saturated rings. The van der Waals surface area contributed by atoms with Crippen LogP contribution in [0.3, 0.4) is 0 Å². The average molecular weight is 416 g/mol. The van der Waals surface area contributed by atoms with Crippen molar-refractivity contribution >= 4 is 22.4 Å². The summed E-state index contributed by atoms with van der Waals surface area (Å²) < 4.78 is 34.3. The maximum atomic E-state index is 12.3. The van der Waals surface area contributed by atoms with Crippen molar-refractivity contribution < 1.29 is 13.2 Å². The lowest BCUT2D eigenvalue weighted by atomic mass is 10.0. The standard InChI is InChI=1S/C17H25N5O3S.ClH/c1-21-13-14(11-19-21)26(23,24)20-8-10-22-9-7-18-12-16(22)15-5-3-4-6-17(15)25-2;/h3-6,11,13,16,18,20H,7-10,12H2,1-2H3;1H. The Bertz CT molecular complexity index is 843. The number of piperazine rings is 1. The van der Waals surface area contributed by atoms with Crippen LogP contribution in [0.25, 0.3) is 0 Å². The molecule has 2 aromatic rings. The molecule has 1 aromatic carbocycles. The van der Waals surface area contributed by atoms with Crippen molar-refractivity contribution in [2.24, 2.45) is 7.05 Å². The quantitative estimate of drug-likeness (QED) is 0.694. The molecule has 1 saturated heterocycles. The fourth-order valence-electron chi connectivity index (χ4n) is 3.21. The first-order valence-electron chi connectivity index (χ1n) is 8.57. The highest BCUT2D eigenvalue weighted by molar-refractivity contribution is 7.89. The second kappa shape index (κ2) is 9.52. The van der Waals surface area contributed by atoms with Gasteiger partial charge in [-0.25, -0.2) is 13.1 Å². The minimum absolute atomic E-state index is 0. The molecule has 0 spiro atoms. The molecule has 1 aliphatic rings. The molecule has 0 radical (unpaired) electrons. The molecule has 150 valence electrons. The molecule has 8 nitrogen and oxygen atoms in total. The first kappa shape index (κ1) is 21.6. The summed E-state index contributed by atoms with van der Waals surface area (Å²) >= 11 is 0. The van der Waals surface area contributed by atoms with Crippen LogP contribution in [-0.2, 0) is 17.1 Å². The molecular formula is C17H26ClN5O3S. The van der Waals surface area contributed by atoms with Gasteiger partial charge in [0, 0.05) is 51.5 Å². The third kappa shape index (κ3) is 5.20. The molecule has 0 bridgehead atoms. The van der Waals surface area contributed by atoms with Gasteiger partial charge in [0.1, 0.15) is 10.6 Å². The van der Waals surface area contributed by atoms with Crippen molar-refractivity contribution in [1.82, 2.24) is 24.7 Å². The van der Waals surface area contributed by atoms with Crippen molar-refractivity contribution in [3.05, 3.63) is 42.2 Å². The summed E-state index contributed by atoms with van der Waals surface area (Å²) in [6.45, 7) is 3.47. The number of nitrogens with zero attached hydrogens (tertiary/aromatic N) is 3. The summed E-state index contributed by atoms with van der Waals surface area (Å²) in [5, 5.41) is 7.32. The van der Waals surface area contributed by atoms with Crippen molar-refractivity contribution in [2.75, 3.05) is 39.8 Å². The monoisotopic (exact) mass is 415 g/mol. The molecule has 1 atom stereocenters. The van der Waals surface area contributed by atoms with E-state index in [9.17, 15) is 8.42 Å². The molecule has 2 heterocycles. The van der Waals surface area contributed by atoms with E-state index in [1.807, 2.05) is 18.2 Å². The molecule has 1 unspecified atom stereocenters. The molecule has 0 aliphatic carbocycles. The molecular weight excluding hydrogens is 390 g/mol. The largest absolute Gasteiger partial charge is 0.496 e. The normalized spacial score (nSPS) is 18.1. The number of hydrogen-bond acceptors (Lipinski definition) is 6. The van der Waals surface area contributed by atoms with Gasteiger partial charge < -0.3 is 10.1 Å². The first-order valence-corrected chi connectivity index (χ1v) is 10.1. The summed E-state index contributed by atoms with van der Waals surface area (Å²) in [5.41, 5.74) is 1.11. The summed E-state index contributed by atoms with van der Waals surface area (Å²) in [7, 11) is -0.175. The fraction of sp³-hybridized carbons (Fsp3) is 0.471. The SMILES string of the molecule is COc1ccccc1C1CNCCN1CCNS(=O)(=O)c1cnn(C)c1.Cl. The number of hydrogen-bond donors (Lipinski definition) is 2. The first-order chi connectivity index (χ1) is 12.5. The Balaban J connectivity index is 0.00000261. The number of ether oxygens (including phenoxy) is 1. The summed E-state index contributed by atoms with van der Waals surface area (Å²) in [5.74, 6) is 0.849. The third-order valence-corrected chi connectivity index (χ3v) is 5.95. The van der Waals surface area contributed by atoms with Crippen LogP contribution in [0.2, 0.25) is 0 Å². The number of nitrogens with one attached hydrogen (secondary N) is 2. The Labute approximate surface area is 166 Å². The number of methoxy groups -OCH3 is 1. The predicted molar refractivity (Wildman–Crippen MR) is 106 cm³/mol. The molecule has 1 aliphatic heterocycles. The highest BCUT2D eigenvalue weighted by atomic mass is 35.5. The minimum atomic E-state index is -3.54. The van der Waals surface area contributed by atoms with Crippen molar-refractivity contribution in [1.29, 1.82) is 0 Å². The summed E-state index contributed by atoms with van der Waals surface area (Å²) in [4.78, 5) is 2.46. The van der Waals surface area contributed by atoms with Crippen LogP contribution < -0.4 is 14.8 Å². The van der Waals surface area contributed by atoms with Crippen LogP contribution in [0.4, 0.5) is 0 Å². The smallest absolute Gasteiger partial charge is 0.243 e. The molecule has 1 aromatic heterocycles.